The standard InChI is InChI=1S/C25H29NO3/c1-15(2)13-26-23(27)11-17(4)20-12-21-22(19-9-7-16(3)8-10-19)14-29-25(21)18(5)24(20)28-6/h7-12,14-15H,13H2,1-6H3,(H,26,27)/b17-11+. The molecular weight excluding hydrogens is 362 g/mol. The first kappa shape index (κ1) is 20.7. The molecule has 0 saturated heterocycles. The zero-order valence-electron chi connectivity index (χ0n) is 18.1. The van der Waals surface area contributed by atoms with Gasteiger partial charge in [-0.15, -0.1) is 0 Å². The molecule has 2 aromatic carbocycles. The summed E-state index contributed by atoms with van der Waals surface area (Å²) >= 11 is 0. The Morgan fingerprint density at radius 1 is 1.21 bits per heavy atom. The number of methoxy groups -OCH3 is 1. The van der Waals surface area contributed by atoms with Crippen molar-refractivity contribution in [2.75, 3.05) is 13.7 Å². The summed E-state index contributed by atoms with van der Waals surface area (Å²) in [5.74, 6) is 1.04. The van der Waals surface area contributed by atoms with Crippen molar-refractivity contribution >= 4 is 22.4 Å². The van der Waals surface area contributed by atoms with Crippen molar-refractivity contribution in [1.29, 1.82) is 0 Å². The van der Waals surface area contributed by atoms with Crippen LogP contribution < -0.4 is 10.1 Å². The zero-order chi connectivity index (χ0) is 21.1. The molecule has 3 aromatic rings. The number of nitrogens with one attached hydrogen (secondary N) is 1. The molecule has 1 N–H and O–H groups in total. The predicted molar refractivity (Wildman–Crippen MR) is 119 cm³/mol. The van der Waals surface area contributed by atoms with Crippen molar-refractivity contribution in [2.24, 2.45) is 5.92 Å². The van der Waals surface area contributed by atoms with Crippen molar-refractivity contribution in [1.82, 2.24) is 5.32 Å². The fourth-order valence-corrected chi connectivity index (χ4v) is 3.46. The smallest absolute Gasteiger partial charge is 0.244 e. The van der Waals surface area contributed by atoms with E-state index >= 15 is 0 Å². The highest BCUT2D eigenvalue weighted by molar-refractivity contribution is 6.01. The van der Waals surface area contributed by atoms with Crippen molar-refractivity contribution in [3.8, 4) is 16.9 Å². The topological polar surface area (TPSA) is 51.5 Å². The van der Waals surface area contributed by atoms with E-state index in [1.807, 2.05) is 13.8 Å². The zero-order valence-corrected chi connectivity index (χ0v) is 18.1. The van der Waals surface area contributed by atoms with Gasteiger partial charge >= 0.3 is 0 Å². The van der Waals surface area contributed by atoms with E-state index in [1.54, 1.807) is 19.4 Å². The maximum atomic E-state index is 12.3. The van der Waals surface area contributed by atoms with Gasteiger partial charge in [-0.2, -0.15) is 0 Å². The first-order chi connectivity index (χ1) is 13.8. The summed E-state index contributed by atoms with van der Waals surface area (Å²) < 4.78 is 11.6. The van der Waals surface area contributed by atoms with Gasteiger partial charge in [-0.25, -0.2) is 0 Å². The van der Waals surface area contributed by atoms with Crippen molar-refractivity contribution in [3.63, 3.8) is 0 Å². The summed E-state index contributed by atoms with van der Waals surface area (Å²) in [5.41, 5.74) is 6.82. The molecule has 0 saturated carbocycles. The van der Waals surface area contributed by atoms with Crippen molar-refractivity contribution < 1.29 is 13.9 Å². The average molecular weight is 392 g/mol. The highest BCUT2D eigenvalue weighted by atomic mass is 16.5. The molecular formula is C25H29NO3. The van der Waals surface area contributed by atoms with E-state index in [0.717, 1.165) is 44.5 Å². The Labute approximate surface area is 172 Å². The molecule has 0 fully saturated rings. The van der Waals surface area contributed by atoms with Gasteiger partial charge in [-0.1, -0.05) is 43.7 Å². The molecule has 0 aliphatic heterocycles. The van der Waals surface area contributed by atoms with E-state index in [-0.39, 0.29) is 5.91 Å². The summed E-state index contributed by atoms with van der Waals surface area (Å²) in [7, 11) is 1.65. The van der Waals surface area contributed by atoms with E-state index in [2.05, 4.69) is 56.4 Å². The molecule has 0 bridgehead atoms. The first-order valence-electron chi connectivity index (χ1n) is 9.94. The largest absolute Gasteiger partial charge is 0.496 e. The fourth-order valence-electron chi connectivity index (χ4n) is 3.46. The molecule has 29 heavy (non-hydrogen) atoms. The van der Waals surface area contributed by atoms with E-state index < -0.39 is 0 Å². The van der Waals surface area contributed by atoms with Crippen molar-refractivity contribution in [3.05, 3.63) is 59.4 Å². The lowest BCUT2D eigenvalue weighted by Crippen LogP contribution is -2.25. The molecule has 0 spiro atoms. The van der Waals surface area contributed by atoms with E-state index in [4.69, 9.17) is 9.15 Å². The number of carbonyl (C=O) groups excluding carboxylic acids is 1. The van der Waals surface area contributed by atoms with Crippen LogP contribution in [-0.4, -0.2) is 19.6 Å². The SMILES string of the molecule is COc1c(/C(C)=C/C(=O)NCC(C)C)cc2c(-c3ccc(C)cc3)coc2c1C. The number of allylic oxidation sites excluding steroid dienone is 1. The van der Waals surface area contributed by atoms with Crippen molar-refractivity contribution in [2.45, 2.75) is 34.6 Å². The molecule has 0 aliphatic carbocycles. The number of hydrogen-bond donors (Lipinski definition) is 1. The quantitative estimate of drug-likeness (QED) is 0.532. The third-order valence-corrected chi connectivity index (χ3v) is 5.07. The van der Waals surface area contributed by atoms with E-state index in [0.29, 0.717) is 12.5 Å². The van der Waals surface area contributed by atoms with Gasteiger partial charge < -0.3 is 14.5 Å². The number of amides is 1. The summed E-state index contributed by atoms with van der Waals surface area (Å²) in [4.78, 5) is 12.3. The summed E-state index contributed by atoms with van der Waals surface area (Å²) in [5, 5.41) is 3.95. The molecule has 0 radical (unpaired) electrons. The Hall–Kier alpha value is -3.01. The van der Waals surface area contributed by atoms with Crippen LogP contribution in [0.2, 0.25) is 0 Å². The molecule has 4 nitrogen and oxygen atoms in total. The van der Waals surface area contributed by atoms with Gasteiger partial charge in [0.2, 0.25) is 5.91 Å². The van der Waals surface area contributed by atoms with Gasteiger partial charge in [0.1, 0.15) is 11.3 Å². The predicted octanol–water partition coefficient (Wildman–Crippen LogP) is 5.90. The summed E-state index contributed by atoms with van der Waals surface area (Å²) in [6.45, 7) is 10.8. The number of fused-ring (bicyclic) bond motifs is 1. The van der Waals surface area contributed by atoms with Gasteiger partial charge in [0.15, 0.2) is 0 Å². The Morgan fingerprint density at radius 2 is 1.90 bits per heavy atom. The maximum Gasteiger partial charge on any atom is 0.244 e. The minimum atomic E-state index is -0.0954. The molecule has 0 aliphatic rings. The normalized spacial score (nSPS) is 11.9. The van der Waals surface area contributed by atoms with E-state index in [1.165, 1.54) is 5.56 Å². The van der Waals surface area contributed by atoms with Gasteiger partial charge in [-0.3, -0.25) is 4.79 Å². The lowest BCUT2D eigenvalue weighted by Gasteiger charge is -2.13. The van der Waals surface area contributed by atoms with Gasteiger partial charge in [-0.05, 0) is 43.9 Å². The first-order valence-corrected chi connectivity index (χ1v) is 9.94. The number of aryl methyl sites for hydroxylation is 2. The number of hydrogen-bond acceptors (Lipinski definition) is 3. The maximum absolute atomic E-state index is 12.3. The highest BCUT2D eigenvalue weighted by Gasteiger charge is 2.18. The van der Waals surface area contributed by atoms with Crippen LogP contribution in [0.4, 0.5) is 0 Å². The molecule has 3 rings (SSSR count). The second kappa shape index (κ2) is 8.56. The molecule has 0 unspecified atom stereocenters. The molecule has 0 atom stereocenters. The van der Waals surface area contributed by atoms with Gasteiger partial charge in [0, 0.05) is 34.7 Å². The number of furan rings is 1. The van der Waals surface area contributed by atoms with E-state index in [9.17, 15) is 4.79 Å². The Bertz CT molecular complexity index is 1060. The molecule has 1 amide bonds. The van der Waals surface area contributed by atoms with Crippen LogP contribution in [0, 0.1) is 19.8 Å². The Morgan fingerprint density at radius 3 is 2.52 bits per heavy atom. The van der Waals surface area contributed by atoms with Crippen LogP contribution >= 0.6 is 0 Å². The van der Waals surface area contributed by atoms with Crippen LogP contribution in [0.25, 0.3) is 27.7 Å². The second-order valence-electron chi connectivity index (χ2n) is 7.94. The number of benzene rings is 2. The molecule has 1 heterocycles. The van der Waals surface area contributed by atoms with Crippen LogP contribution in [0.5, 0.6) is 5.75 Å². The minimum absolute atomic E-state index is 0.0954. The lowest BCUT2D eigenvalue weighted by molar-refractivity contribution is -0.116. The fraction of sp³-hybridized carbons (Fsp3) is 0.320. The third kappa shape index (κ3) is 4.37. The van der Waals surface area contributed by atoms with Crippen LogP contribution in [0.15, 0.2) is 47.1 Å². The van der Waals surface area contributed by atoms with Crippen LogP contribution in [0.3, 0.4) is 0 Å². The average Bonchev–Trinajstić information content (AvgIpc) is 3.11. The molecule has 4 heteroatoms. The minimum Gasteiger partial charge on any atom is -0.496 e. The lowest BCUT2D eigenvalue weighted by atomic mass is 9.96. The third-order valence-electron chi connectivity index (χ3n) is 5.07. The van der Waals surface area contributed by atoms with Crippen LogP contribution in [0.1, 0.15) is 37.5 Å². The summed E-state index contributed by atoms with van der Waals surface area (Å²) in [6.07, 6.45) is 3.43. The number of ether oxygens (including phenoxy) is 1. The Balaban J connectivity index is 2.10. The highest BCUT2D eigenvalue weighted by Crippen LogP contribution is 2.40. The second-order valence-corrected chi connectivity index (χ2v) is 7.94. The number of carbonyl (C=O) groups is 1. The molecule has 152 valence electrons. The van der Waals surface area contributed by atoms with Gasteiger partial charge in [0.25, 0.3) is 0 Å². The van der Waals surface area contributed by atoms with Crippen LogP contribution in [-0.2, 0) is 4.79 Å². The monoisotopic (exact) mass is 391 g/mol. The number of rotatable bonds is 6. The Kier molecular flexibility index (Phi) is 6.12. The molecule has 1 aromatic heterocycles. The summed E-state index contributed by atoms with van der Waals surface area (Å²) in [6, 6.07) is 10.4. The van der Waals surface area contributed by atoms with Gasteiger partial charge in [0.05, 0.1) is 13.4 Å².